The summed E-state index contributed by atoms with van der Waals surface area (Å²) in [6.07, 6.45) is 6.65. The largest absolute Gasteiger partial charge is 0.493 e. The molecule has 1 amide bonds. The van der Waals surface area contributed by atoms with E-state index in [1.807, 2.05) is 5.01 Å². The number of nitrogens with two attached hydrogens (primary N) is 1. The smallest absolute Gasteiger partial charge is 0.246 e. The van der Waals surface area contributed by atoms with Crippen molar-refractivity contribution in [3.63, 3.8) is 0 Å². The first-order chi connectivity index (χ1) is 19.8. The molecule has 2 atom stereocenters. The van der Waals surface area contributed by atoms with Gasteiger partial charge < -0.3 is 29.7 Å². The number of carbonyl (C=O) groups is 1. The summed E-state index contributed by atoms with van der Waals surface area (Å²) in [4.78, 5) is 22.8. The van der Waals surface area contributed by atoms with E-state index in [-0.39, 0.29) is 35.8 Å². The Morgan fingerprint density at radius 3 is 2.66 bits per heavy atom. The monoisotopic (exact) mass is 567 g/mol. The van der Waals surface area contributed by atoms with Gasteiger partial charge in [-0.05, 0) is 12.5 Å². The first kappa shape index (κ1) is 27.9. The summed E-state index contributed by atoms with van der Waals surface area (Å²) in [7, 11) is 2.51. The van der Waals surface area contributed by atoms with Gasteiger partial charge in [-0.2, -0.15) is 0 Å². The second-order valence-electron chi connectivity index (χ2n) is 9.42. The van der Waals surface area contributed by atoms with Crippen LogP contribution in [0.15, 0.2) is 37.4 Å². The molecule has 4 heterocycles. The van der Waals surface area contributed by atoms with E-state index < -0.39 is 29.9 Å². The Bertz CT molecular complexity index is 1540. The number of likely N-dealkylation sites (tertiary alicyclic amines) is 1. The van der Waals surface area contributed by atoms with Crippen LogP contribution in [-0.4, -0.2) is 65.4 Å². The third-order valence-corrected chi connectivity index (χ3v) is 7.10. The number of rotatable bonds is 7. The molecule has 0 unspecified atom stereocenters. The van der Waals surface area contributed by atoms with E-state index in [4.69, 9.17) is 15.2 Å². The molecule has 0 bridgehead atoms. The molecule has 1 saturated heterocycles. The van der Waals surface area contributed by atoms with Crippen LogP contribution < -0.4 is 25.6 Å². The molecule has 1 fully saturated rings. The Balaban J connectivity index is 1.62. The molecule has 2 aliphatic heterocycles. The van der Waals surface area contributed by atoms with Gasteiger partial charge in [-0.15, -0.1) is 0 Å². The zero-order valence-electron chi connectivity index (χ0n) is 22.5. The lowest BCUT2D eigenvalue weighted by molar-refractivity contribution is -0.125. The molecular formula is C28H28F3N7O3. The number of carbonyl (C=O) groups excluding carboxylic acids is 1. The number of amides is 1. The lowest BCUT2D eigenvalue weighted by Gasteiger charge is -2.28. The molecule has 2 aliphatic rings. The number of halogens is 3. The van der Waals surface area contributed by atoms with Crippen LogP contribution in [-0.2, 0) is 11.3 Å². The van der Waals surface area contributed by atoms with Crippen molar-refractivity contribution in [1.82, 2.24) is 24.9 Å². The van der Waals surface area contributed by atoms with Crippen molar-refractivity contribution >= 4 is 17.4 Å². The maximum atomic E-state index is 15.1. The van der Waals surface area contributed by atoms with Gasteiger partial charge >= 0.3 is 0 Å². The number of pyridine rings is 1. The molecular weight excluding hydrogens is 539 g/mol. The van der Waals surface area contributed by atoms with Gasteiger partial charge in [-0.25, -0.2) is 28.6 Å². The van der Waals surface area contributed by atoms with Crippen molar-refractivity contribution in [2.45, 2.75) is 25.0 Å². The number of fused-ring (bicyclic) bond motifs is 1. The number of hydrazine groups is 1. The SMILES string of the molecule is C=CC(=O)N1CC[C@H](N2N[C@@H](C#Cc3c(F)c(OC)cc(OC)c3F)c3c(N)ncc(-c4cn(CCF)cn4)c32)C1. The van der Waals surface area contributed by atoms with Crippen molar-refractivity contribution in [2.24, 2.45) is 0 Å². The fourth-order valence-corrected chi connectivity index (χ4v) is 5.06. The van der Waals surface area contributed by atoms with Gasteiger partial charge in [0.1, 0.15) is 24.1 Å². The third-order valence-electron chi connectivity index (χ3n) is 7.10. The number of nitrogen functional groups attached to an aromatic ring is 1. The van der Waals surface area contributed by atoms with Gasteiger partial charge in [0.2, 0.25) is 5.91 Å². The fraction of sp³-hybridized carbons (Fsp3) is 0.321. The molecule has 3 aromatic rings. The molecule has 0 radical (unpaired) electrons. The number of alkyl halides is 1. The number of nitrogens with zero attached hydrogens (tertiary/aromatic N) is 5. The second-order valence-corrected chi connectivity index (χ2v) is 9.42. The number of hydrogen-bond acceptors (Lipinski definition) is 8. The van der Waals surface area contributed by atoms with E-state index in [1.165, 1.54) is 26.6 Å². The Labute approximate surface area is 234 Å². The summed E-state index contributed by atoms with van der Waals surface area (Å²) in [6, 6.07) is 0.0710. The van der Waals surface area contributed by atoms with E-state index in [0.29, 0.717) is 42.0 Å². The molecule has 0 spiro atoms. The minimum Gasteiger partial charge on any atom is -0.493 e. The molecule has 214 valence electrons. The number of anilines is 2. The maximum absolute atomic E-state index is 15.1. The number of benzene rings is 1. The normalized spacial score (nSPS) is 17.7. The standard InChI is InChI=1S/C28H28F3N7O3/c1-4-23(39)37-9-7-16(13-37)38-27-18(20-14-36(10-8-29)15-34-20)12-33-28(32)24(27)19(35-38)6-5-17-25(30)21(40-2)11-22(41-3)26(17)31/h4,11-12,14-16,19,35H,1,7-10,13H2,2-3H3,(H2,32,33)/t16-,19-/m0/s1. The van der Waals surface area contributed by atoms with Gasteiger partial charge in [-0.3, -0.25) is 4.79 Å². The lowest BCUT2D eigenvalue weighted by Crippen LogP contribution is -2.45. The molecule has 0 saturated carbocycles. The van der Waals surface area contributed by atoms with Gasteiger partial charge in [0.25, 0.3) is 0 Å². The summed E-state index contributed by atoms with van der Waals surface area (Å²) in [6.45, 7) is 4.03. The number of hydrogen-bond donors (Lipinski definition) is 2. The molecule has 0 aliphatic carbocycles. The zero-order valence-corrected chi connectivity index (χ0v) is 22.5. The van der Waals surface area contributed by atoms with Gasteiger partial charge in [0, 0.05) is 37.1 Å². The maximum Gasteiger partial charge on any atom is 0.246 e. The van der Waals surface area contributed by atoms with Crippen LogP contribution in [0, 0.1) is 23.5 Å². The number of nitrogens with one attached hydrogen (secondary N) is 1. The summed E-state index contributed by atoms with van der Waals surface area (Å²) >= 11 is 0. The van der Waals surface area contributed by atoms with Crippen molar-refractivity contribution in [3.8, 4) is 34.6 Å². The predicted molar refractivity (Wildman–Crippen MR) is 146 cm³/mol. The van der Waals surface area contributed by atoms with E-state index >= 15 is 8.78 Å². The van der Waals surface area contributed by atoms with Crippen molar-refractivity contribution in [1.29, 1.82) is 0 Å². The van der Waals surface area contributed by atoms with E-state index in [0.717, 1.165) is 6.07 Å². The van der Waals surface area contributed by atoms with Crippen LogP contribution in [0.3, 0.4) is 0 Å². The third kappa shape index (κ3) is 5.02. The predicted octanol–water partition coefficient (Wildman–Crippen LogP) is 3.00. The highest BCUT2D eigenvalue weighted by molar-refractivity contribution is 5.88. The fourth-order valence-electron chi connectivity index (χ4n) is 5.06. The quantitative estimate of drug-likeness (QED) is 0.331. The number of ether oxygens (including phenoxy) is 2. The summed E-state index contributed by atoms with van der Waals surface area (Å²) in [5.41, 5.74) is 11.3. The second kappa shape index (κ2) is 11.4. The highest BCUT2D eigenvalue weighted by Gasteiger charge is 2.40. The highest BCUT2D eigenvalue weighted by atomic mass is 19.1. The average Bonchev–Trinajstić information content (AvgIpc) is 3.73. The first-order valence-electron chi connectivity index (χ1n) is 12.8. The van der Waals surface area contributed by atoms with Gasteiger partial charge in [0.15, 0.2) is 23.1 Å². The lowest BCUT2D eigenvalue weighted by atomic mass is 10.0. The number of aromatic nitrogens is 3. The van der Waals surface area contributed by atoms with Crippen LogP contribution in [0.25, 0.3) is 11.3 Å². The number of aryl methyl sites for hydroxylation is 1. The highest BCUT2D eigenvalue weighted by Crippen LogP contribution is 2.44. The molecule has 13 heteroatoms. The molecule has 5 rings (SSSR count). The molecule has 41 heavy (non-hydrogen) atoms. The number of methoxy groups -OCH3 is 2. The Hall–Kier alpha value is -4.70. The number of imidazole rings is 1. The average molecular weight is 568 g/mol. The van der Waals surface area contributed by atoms with Gasteiger partial charge in [-0.1, -0.05) is 18.4 Å². The summed E-state index contributed by atoms with van der Waals surface area (Å²) in [5.74, 6) is 3.07. The summed E-state index contributed by atoms with van der Waals surface area (Å²) in [5, 5.41) is 1.85. The van der Waals surface area contributed by atoms with Crippen LogP contribution in [0.2, 0.25) is 0 Å². The van der Waals surface area contributed by atoms with Crippen LogP contribution in [0.5, 0.6) is 11.5 Å². The zero-order chi connectivity index (χ0) is 29.3. The molecule has 3 N–H and O–H groups in total. The molecule has 10 nitrogen and oxygen atoms in total. The van der Waals surface area contributed by atoms with Crippen molar-refractivity contribution in [2.75, 3.05) is 44.7 Å². The Morgan fingerprint density at radius 1 is 1.27 bits per heavy atom. The van der Waals surface area contributed by atoms with Crippen LogP contribution in [0.4, 0.5) is 24.7 Å². The van der Waals surface area contributed by atoms with Crippen LogP contribution in [0.1, 0.15) is 23.6 Å². The first-order valence-corrected chi connectivity index (χ1v) is 12.8. The van der Waals surface area contributed by atoms with E-state index in [2.05, 4.69) is 33.8 Å². The molecule has 1 aromatic carbocycles. The van der Waals surface area contributed by atoms with E-state index in [1.54, 1.807) is 21.9 Å². The van der Waals surface area contributed by atoms with Crippen molar-refractivity contribution < 1.29 is 27.4 Å². The minimum atomic E-state index is -0.971. The van der Waals surface area contributed by atoms with Gasteiger partial charge in [0.05, 0.1) is 50.1 Å². The van der Waals surface area contributed by atoms with Crippen LogP contribution >= 0.6 is 0 Å². The Morgan fingerprint density at radius 2 is 2.00 bits per heavy atom. The van der Waals surface area contributed by atoms with Crippen molar-refractivity contribution in [3.05, 3.63) is 60.2 Å². The Kier molecular flexibility index (Phi) is 7.76. The summed E-state index contributed by atoms with van der Waals surface area (Å²) < 4.78 is 54.7. The topological polar surface area (TPSA) is 111 Å². The minimum absolute atomic E-state index is 0.135. The van der Waals surface area contributed by atoms with E-state index in [9.17, 15) is 9.18 Å². The molecule has 2 aromatic heterocycles.